The van der Waals surface area contributed by atoms with Crippen LogP contribution in [0.2, 0.25) is 0 Å². The third-order valence-electron chi connectivity index (χ3n) is 3.27. The molecule has 1 N–H and O–H groups in total. The summed E-state index contributed by atoms with van der Waals surface area (Å²) in [5, 5.41) is 11.1. The van der Waals surface area contributed by atoms with Crippen LogP contribution in [-0.4, -0.2) is 23.0 Å². The predicted molar refractivity (Wildman–Crippen MR) is 93.6 cm³/mol. The minimum Gasteiger partial charge on any atom is -0.494 e. The van der Waals surface area contributed by atoms with Gasteiger partial charge in [0.05, 0.1) is 12.8 Å². The van der Waals surface area contributed by atoms with Crippen LogP contribution < -0.4 is 10.1 Å². The van der Waals surface area contributed by atoms with Crippen molar-refractivity contribution in [3.8, 4) is 5.75 Å². The van der Waals surface area contributed by atoms with Crippen molar-refractivity contribution in [1.29, 1.82) is 0 Å². The lowest BCUT2D eigenvalue weighted by molar-refractivity contribution is 0.102. The summed E-state index contributed by atoms with van der Waals surface area (Å²) < 4.78 is 5.33. The summed E-state index contributed by atoms with van der Waals surface area (Å²) in [6, 6.07) is 13.8. The van der Waals surface area contributed by atoms with Crippen molar-refractivity contribution in [1.82, 2.24) is 9.97 Å². The van der Waals surface area contributed by atoms with E-state index in [2.05, 4.69) is 25.5 Å². The molecule has 0 aliphatic rings. The van der Waals surface area contributed by atoms with E-state index in [9.17, 15) is 4.79 Å². The molecule has 1 aromatic carbocycles. The first-order valence-corrected chi connectivity index (χ1v) is 7.48. The molecule has 0 aliphatic heterocycles. The molecule has 0 unspecified atom stereocenters. The van der Waals surface area contributed by atoms with E-state index in [1.165, 1.54) is 7.11 Å². The summed E-state index contributed by atoms with van der Waals surface area (Å²) in [4.78, 5) is 20.1. The van der Waals surface area contributed by atoms with Crippen molar-refractivity contribution in [2.24, 2.45) is 10.2 Å². The number of benzene rings is 1. The van der Waals surface area contributed by atoms with Gasteiger partial charge in [-0.2, -0.15) is 5.11 Å². The molecule has 3 aromatic rings. The second kappa shape index (κ2) is 7.78. The molecule has 0 aliphatic carbocycles. The molecule has 25 heavy (non-hydrogen) atoms. The lowest BCUT2D eigenvalue weighted by Gasteiger charge is -2.08. The zero-order chi connectivity index (χ0) is 17.5. The molecule has 0 saturated carbocycles. The molecule has 0 atom stereocenters. The van der Waals surface area contributed by atoms with Gasteiger partial charge in [-0.1, -0.05) is 6.07 Å². The lowest BCUT2D eigenvalue weighted by Crippen LogP contribution is -2.13. The Labute approximate surface area is 144 Å². The smallest absolute Gasteiger partial charge is 0.274 e. The predicted octanol–water partition coefficient (Wildman–Crippen LogP) is 4.15. The van der Waals surface area contributed by atoms with Gasteiger partial charge in [-0.25, -0.2) is 0 Å². The number of hydrogen-bond donors (Lipinski definition) is 1. The molecule has 124 valence electrons. The Morgan fingerprint density at radius 2 is 1.88 bits per heavy atom. The molecule has 0 saturated heterocycles. The number of ether oxygens (including phenoxy) is 1. The van der Waals surface area contributed by atoms with Crippen LogP contribution in [0, 0.1) is 0 Å². The summed E-state index contributed by atoms with van der Waals surface area (Å²) in [5.41, 5.74) is 2.15. The lowest BCUT2D eigenvalue weighted by atomic mass is 10.2. The van der Waals surface area contributed by atoms with Gasteiger partial charge in [0.25, 0.3) is 5.91 Å². The largest absolute Gasteiger partial charge is 0.494 e. The van der Waals surface area contributed by atoms with E-state index in [1.54, 1.807) is 67.1 Å². The maximum atomic E-state index is 12.1. The first-order valence-electron chi connectivity index (χ1n) is 7.48. The molecule has 2 aromatic heterocycles. The topological polar surface area (TPSA) is 88.8 Å². The van der Waals surface area contributed by atoms with E-state index in [1.807, 2.05) is 0 Å². The first kappa shape index (κ1) is 16.3. The van der Waals surface area contributed by atoms with E-state index in [0.29, 0.717) is 28.5 Å². The Balaban J connectivity index is 1.78. The quantitative estimate of drug-likeness (QED) is 0.710. The number of anilines is 1. The number of rotatable bonds is 5. The van der Waals surface area contributed by atoms with Crippen molar-refractivity contribution < 1.29 is 9.53 Å². The van der Waals surface area contributed by atoms with Crippen molar-refractivity contribution in [3.05, 3.63) is 72.8 Å². The fraction of sp³-hybridized carbons (Fsp3) is 0.0556. The van der Waals surface area contributed by atoms with Gasteiger partial charge in [0.2, 0.25) is 0 Å². The van der Waals surface area contributed by atoms with E-state index in [4.69, 9.17) is 4.74 Å². The van der Waals surface area contributed by atoms with Crippen molar-refractivity contribution in [2.75, 3.05) is 12.4 Å². The number of carbonyl (C=O) groups is 1. The van der Waals surface area contributed by atoms with E-state index < -0.39 is 0 Å². The number of carbonyl (C=O) groups excluding carboxylic acids is 1. The van der Waals surface area contributed by atoms with Gasteiger partial charge in [-0.15, -0.1) is 5.11 Å². The Kier molecular flexibility index (Phi) is 5.06. The van der Waals surface area contributed by atoms with E-state index in [-0.39, 0.29) is 5.91 Å². The summed E-state index contributed by atoms with van der Waals surface area (Å²) in [6.45, 7) is 0. The maximum Gasteiger partial charge on any atom is 0.274 e. The number of nitrogens with zero attached hydrogens (tertiary/aromatic N) is 4. The molecule has 7 heteroatoms. The number of amides is 1. The van der Waals surface area contributed by atoms with Gasteiger partial charge in [0.15, 0.2) is 0 Å². The van der Waals surface area contributed by atoms with Crippen LogP contribution in [0.25, 0.3) is 0 Å². The van der Waals surface area contributed by atoms with Crippen molar-refractivity contribution >= 4 is 23.0 Å². The number of pyridine rings is 2. The monoisotopic (exact) mass is 333 g/mol. The Morgan fingerprint density at radius 3 is 2.60 bits per heavy atom. The summed E-state index contributed by atoms with van der Waals surface area (Å²) >= 11 is 0. The van der Waals surface area contributed by atoms with Gasteiger partial charge < -0.3 is 10.1 Å². The fourth-order valence-electron chi connectivity index (χ4n) is 2.05. The minimum absolute atomic E-state index is 0.297. The highest BCUT2D eigenvalue weighted by atomic mass is 16.5. The second-order valence-corrected chi connectivity index (χ2v) is 4.96. The van der Waals surface area contributed by atoms with Crippen molar-refractivity contribution in [3.63, 3.8) is 0 Å². The molecule has 0 bridgehead atoms. The summed E-state index contributed by atoms with van der Waals surface area (Å²) in [5.74, 6) is 0.199. The van der Waals surface area contributed by atoms with Gasteiger partial charge >= 0.3 is 0 Å². The SMILES string of the molecule is COc1cc(NC(=O)c2ccccn2)ccc1/N=N/c1ccncc1. The average Bonchev–Trinajstić information content (AvgIpc) is 2.68. The first-order chi connectivity index (χ1) is 12.3. The van der Waals surface area contributed by atoms with Crippen LogP contribution in [-0.2, 0) is 0 Å². The number of azo groups is 1. The Bertz CT molecular complexity index is 882. The van der Waals surface area contributed by atoms with Crippen LogP contribution in [0.5, 0.6) is 5.75 Å². The number of hydrogen-bond acceptors (Lipinski definition) is 6. The molecular formula is C18H15N5O2. The van der Waals surface area contributed by atoms with Crippen molar-refractivity contribution in [2.45, 2.75) is 0 Å². The summed E-state index contributed by atoms with van der Waals surface area (Å²) in [7, 11) is 1.53. The van der Waals surface area contributed by atoms with E-state index >= 15 is 0 Å². The van der Waals surface area contributed by atoms with Crippen LogP contribution in [0.3, 0.4) is 0 Å². The highest BCUT2D eigenvalue weighted by Crippen LogP contribution is 2.31. The number of nitrogens with one attached hydrogen (secondary N) is 1. The van der Waals surface area contributed by atoms with Gasteiger partial charge in [-0.05, 0) is 36.4 Å². The average molecular weight is 333 g/mol. The third-order valence-corrected chi connectivity index (χ3v) is 3.27. The molecule has 3 rings (SSSR count). The Morgan fingerprint density at radius 1 is 1.04 bits per heavy atom. The van der Waals surface area contributed by atoms with Gasteiger partial charge in [0.1, 0.15) is 17.1 Å². The third kappa shape index (κ3) is 4.23. The minimum atomic E-state index is -0.297. The number of methoxy groups -OCH3 is 1. The van der Waals surface area contributed by atoms with Crippen LogP contribution in [0.15, 0.2) is 77.3 Å². The molecular weight excluding hydrogens is 318 g/mol. The summed E-state index contributed by atoms with van der Waals surface area (Å²) in [6.07, 6.45) is 4.85. The van der Waals surface area contributed by atoms with Crippen LogP contribution in [0.1, 0.15) is 10.5 Å². The Hall–Kier alpha value is -3.61. The van der Waals surface area contributed by atoms with Crippen LogP contribution in [0.4, 0.5) is 17.1 Å². The fourth-order valence-corrected chi connectivity index (χ4v) is 2.05. The zero-order valence-electron chi connectivity index (χ0n) is 13.5. The molecule has 2 heterocycles. The standard InChI is InChI=1S/C18H15N5O2/c1-25-17-12-14(21-18(24)16-4-2-3-9-20-16)5-6-15(17)23-22-13-7-10-19-11-8-13/h2-12H,1H3,(H,21,24)/b23-22+. The maximum absolute atomic E-state index is 12.1. The normalized spacial score (nSPS) is 10.6. The van der Waals surface area contributed by atoms with E-state index in [0.717, 1.165) is 0 Å². The molecule has 0 radical (unpaired) electrons. The molecule has 1 amide bonds. The van der Waals surface area contributed by atoms with Gasteiger partial charge in [0, 0.05) is 30.3 Å². The van der Waals surface area contributed by atoms with Gasteiger partial charge in [-0.3, -0.25) is 14.8 Å². The van der Waals surface area contributed by atoms with Crippen LogP contribution >= 0.6 is 0 Å². The second-order valence-electron chi connectivity index (χ2n) is 4.96. The molecule has 0 fully saturated rings. The molecule has 7 nitrogen and oxygen atoms in total. The number of aromatic nitrogens is 2. The molecule has 0 spiro atoms. The zero-order valence-corrected chi connectivity index (χ0v) is 13.5. The highest BCUT2D eigenvalue weighted by Gasteiger charge is 2.09. The highest BCUT2D eigenvalue weighted by molar-refractivity contribution is 6.03.